The summed E-state index contributed by atoms with van der Waals surface area (Å²) in [6.45, 7) is -0.0496. The minimum Gasteiger partial charge on any atom is -0.481 e. The van der Waals surface area contributed by atoms with Crippen molar-refractivity contribution in [3.8, 4) is 0 Å². The molecule has 0 aromatic rings. The van der Waals surface area contributed by atoms with E-state index in [2.05, 4.69) is 4.74 Å². The van der Waals surface area contributed by atoms with Crippen molar-refractivity contribution in [2.24, 2.45) is 0 Å². The quantitative estimate of drug-likeness (QED) is 0.206. The van der Waals surface area contributed by atoms with Crippen LogP contribution in [0.5, 0.6) is 0 Å². The third kappa shape index (κ3) is 11.3. The standard InChI is InChI=1S/C9H14O9.C3H6O3/c10-3-5(11)4-18-7(14)2-9(17,8(15)16)1-6(12)13;1-2(4)3(5)6/h5,10-11,17H,1-4H2,(H,12,13)(H,15,16);2,4H,1H3,(H,5,6). The minimum absolute atomic E-state index is 0.585. The molecule has 0 aliphatic heterocycles. The molecule has 0 saturated heterocycles. The summed E-state index contributed by atoms with van der Waals surface area (Å²) in [5.74, 6) is -5.85. The monoisotopic (exact) mass is 356 g/mol. The molecule has 0 aromatic heterocycles. The fraction of sp³-hybridized carbons (Fsp3) is 0.667. The van der Waals surface area contributed by atoms with E-state index in [9.17, 15) is 24.3 Å². The molecule has 140 valence electrons. The van der Waals surface area contributed by atoms with Crippen molar-refractivity contribution in [2.75, 3.05) is 13.2 Å². The zero-order valence-electron chi connectivity index (χ0n) is 12.7. The molecule has 0 aliphatic rings. The van der Waals surface area contributed by atoms with Gasteiger partial charge in [0.2, 0.25) is 0 Å². The highest BCUT2D eigenvalue weighted by atomic mass is 16.5. The molecule has 7 N–H and O–H groups in total. The minimum atomic E-state index is -2.77. The Bertz CT molecular complexity index is 445. The maximum atomic E-state index is 11.1. The van der Waals surface area contributed by atoms with Gasteiger partial charge in [0.25, 0.3) is 0 Å². The number of aliphatic hydroxyl groups is 4. The van der Waals surface area contributed by atoms with Crippen LogP contribution in [0.15, 0.2) is 0 Å². The number of hydrogen-bond donors (Lipinski definition) is 7. The summed E-state index contributed by atoms with van der Waals surface area (Å²) in [7, 11) is 0. The highest BCUT2D eigenvalue weighted by Crippen LogP contribution is 2.17. The molecule has 12 heteroatoms. The molecule has 24 heavy (non-hydrogen) atoms. The zero-order chi connectivity index (χ0) is 19.5. The van der Waals surface area contributed by atoms with E-state index < -0.39 is 67.7 Å². The van der Waals surface area contributed by atoms with E-state index in [-0.39, 0.29) is 0 Å². The Balaban J connectivity index is 0. The predicted octanol–water partition coefficient (Wildman–Crippen LogP) is -2.98. The number of hydrogen-bond acceptors (Lipinski definition) is 9. The van der Waals surface area contributed by atoms with Gasteiger partial charge in [0.05, 0.1) is 19.4 Å². The van der Waals surface area contributed by atoms with E-state index in [4.69, 9.17) is 30.6 Å². The lowest BCUT2D eigenvalue weighted by molar-refractivity contribution is -0.172. The Hall–Kier alpha value is -2.28. The second-order valence-electron chi connectivity index (χ2n) is 4.62. The largest absolute Gasteiger partial charge is 0.481 e. The van der Waals surface area contributed by atoms with Crippen molar-refractivity contribution < 1.29 is 59.7 Å². The summed E-state index contributed by atoms with van der Waals surface area (Å²) in [5.41, 5.74) is -2.77. The van der Waals surface area contributed by atoms with E-state index in [1.54, 1.807) is 0 Å². The SMILES string of the molecule is CC(O)C(=O)O.O=C(O)CC(O)(CC(=O)OCC(O)CO)C(=O)O. The van der Waals surface area contributed by atoms with Crippen LogP contribution in [0.4, 0.5) is 0 Å². The van der Waals surface area contributed by atoms with Gasteiger partial charge >= 0.3 is 23.9 Å². The normalized spacial score (nSPS) is 15.0. The molecule has 0 radical (unpaired) electrons. The highest BCUT2D eigenvalue weighted by molar-refractivity contribution is 5.88. The van der Waals surface area contributed by atoms with Crippen LogP contribution in [0.25, 0.3) is 0 Å². The molecule has 0 spiro atoms. The van der Waals surface area contributed by atoms with Crippen LogP contribution in [-0.2, 0) is 23.9 Å². The summed E-state index contributed by atoms with van der Waals surface area (Å²) in [4.78, 5) is 41.6. The van der Waals surface area contributed by atoms with Crippen LogP contribution in [0.2, 0.25) is 0 Å². The molecule has 0 rings (SSSR count). The summed E-state index contributed by atoms with van der Waals surface area (Å²) in [6.07, 6.45) is -4.80. The average Bonchev–Trinajstić information content (AvgIpc) is 2.44. The lowest BCUT2D eigenvalue weighted by atomic mass is 9.96. The van der Waals surface area contributed by atoms with E-state index in [0.29, 0.717) is 0 Å². The molecule has 0 heterocycles. The van der Waals surface area contributed by atoms with Gasteiger partial charge in [-0.3, -0.25) is 9.59 Å². The number of ether oxygens (including phenoxy) is 1. The van der Waals surface area contributed by atoms with Crippen molar-refractivity contribution in [3.63, 3.8) is 0 Å². The van der Waals surface area contributed by atoms with Crippen molar-refractivity contribution >= 4 is 23.9 Å². The highest BCUT2D eigenvalue weighted by Gasteiger charge is 2.41. The fourth-order valence-electron chi connectivity index (χ4n) is 0.996. The molecular formula is C12H20O12. The van der Waals surface area contributed by atoms with Crippen molar-refractivity contribution in [1.82, 2.24) is 0 Å². The van der Waals surface area contributed by atoms with Crippen LogP contribution < -0.4 is 0 Å². The van der Waals surface area contributed by atoms with Gasteiger partial charge in [-0.15, -0.1) is 0 Å². The van der Waals surface area contributed by atoms with Crippen molar-refractivity contribution in [1.29, 1.82) is 0 Å². The van der Waals surface area contributed by atoms with Gasteiger partial charge in [0.15, 0.2) is 5.60 Å². The number of aliphatic hydroxyl groups excluding tert-OH is 3. The fourth-order valence-corrected chi connectivity index (χ4v) is 0.996. The smallest absolute Gasteiger partial charge is 0.336 e. The third-order valence-corrected chi connectivity index (χ3v) is 2.28. The summed E-state index contributed by atoms with van der Waals surface area (Å²) >= 11 is 0. The first kappa shape index (κ1) is 24.0. The Labute approximate surface area is 135 Å². The van der Waals surface area contributed by atoms with Gasteiger partial charge < -0.3 is 40.5 Å². The molecule has 3 unspecified atom stereocenters. The van der Waals surface area contributed by atoms with Crippen LogP contribution in [0.1, 0.15) is 19.8 Å². The Kier molecular flexibility index (Phi) is 11.3. The Morgan fingerprint density at radius 3 is 1.79 bits per heavy atom. The molecular weight excluding hydrogens is 336 g/mol. The first-order valence-corrected chi connectivity index (χ1v) is 6.38. The molecule has 0 amide bonds. The number of carboxylic acids is 3. The summed E-state index contributed by atoms with van der Waals surface area (Å²) in [5, 5.41) is 59.6. The average molecular weight is 356 g/mol. The van der Waals surface area contributed by atoms with E-state index in [1.165, 1.54) is 6.92 Å². The van der Waals surface area contributed by atoms with Crippen LogP contribution in [0, 0.1) is 0 Å². The van der Waals surface area contributed by atoms with E-state index in [0.717, 1.165) is 0 Å². The second-order valence-corrected chi connectivity index (χ2v) is 4.62. The number of carboxylic acid groups (broad SMARTS) is 3. The molecule has 0 bridgehead atoms. The number of esters is 1. The number of carbonyl (C=O) groups excluding carboxylic acids is 1. The predicted molar refractivity (Wildman–Crippen MR) is 72.8 cm³/mol. The number of rotatable bonds is 9. The topological polar surface area (TPSA) is 219 Å². The second kappa shape index (κ2) is 11.3. The van der Waals surface area contributed by atoms with Gasteiger partial charge in [-0.25, -0.2) is 9.59 Å². The molecule has 12 nitrogen and oxygen atoms in total. The van der Waals surface area contributed by atoms with Crippen molar-refractivity contribution in [2.45, 2.75) is 37.6 Å². The van der Waals surface area contributed by atoms with Crippen LogP contribution >= 0.6 is 0 Å². The molecule has 0 saturated carbocycles. The molecule has 0 aliphatic carbocycles. The molecule has 3 atom stereocenters. The lowest BCUT2D eigenvalue weighted by Crippen LogP contribution is -2.43. The summed E-state index contributed by atoms with van der Waals surface area (Å²) < 4.78 is 4.36. The third-order valence-electron chi connectivity index (χ3n) is 2.28. The number of carbonyl (C=O) groups is 4. The summed E-state index contributed by atoms with van der Waals surface area (Å²) in [6, 6.07) is 0. The first-order chi connectivity index (χ1) is 10.9. The maximum absolute atomic E-state index is 11.1. The van der Waals surface area contributed by atoms with E-state index >= 15 is 0 Å². The van der Waals surface area contributed by atoms with Gasteiger partial charge in [-0.2, -0.15) is 0 Å². The van der Waals surface area contributed by atoms with Crippen molar-refractivity contribution in [3.05, 3.63) is 0 Å². The van der Waals surface area contributed by atoms with E-state index in [1.807, 2.05) is 0 Å². The van der Waals surface area contributed by atoms with Crippen LogP contribution in [-0.4, -0.2) is 90.6 Å². The Morgan fingerprint density at radius 1 is 1.04 bits per heavy atom. The molecule has 0 fully saturated rings. The van der Waals surface area contributed by atoms with Gasteiger partial charge in [-0.1, -0.05) is 0 Å². The first-order valence-electron chi connectivity index (χ1n) is 6.38. The van der Waals surface area contributed by atoms with Gasteiger partial charge in [0, 0.05) is 0 Å². The van der Waals surface area contributed by atoms with Gasteiger partial charge in [0.1, 0.15) is 18.8 Å². The van der Waals surface area contributed by atoms with Gasteiger partial charge in [-0.05, 0) is 6.92 Å². The lowest BCUT2D eigenvalue weighted by Gasteiger charge is -2.20. The van der Waals surface area contributed by atoms with Crippen LogP contribution in [0.3, 0.4) is 0 Å². The zero-order valence-corrected chi connectivity index (χ0v) is 12.7. The molecule has 0 aromatic carbocycles. The number of aliphatic carboxylic acids is 3. The Morgan fingerprint density at radius 2 is 1.50 bits per heavy atom. The maximum Gasteiger partial charge on any atom is 0.336 e.